The maximum Gasteiger partial charge on any atom is 0.226 e. The van der Waals surface area contributed by atoms with Crippen LogP contribution in [0.2, 0.25) is 0 Å². The van der Waals surface area contributed by atoms with Crippen LogP contribution in [0.15, 0.2) is 48.7 Å². The number of carbonyl (C=O) groups excluding carboxylic acids is 2. The normalized spacial score (nSPS) is 19.9. The van der Waals surface area contributed by atoms with Gasteiger partial charge in [-0.1, -0.05) is 55.2 Å². The summed E-state index contributed by atoms with van der Waals surface area (Å²) in [6, 6.07) is 15.2. The number of likely N-dealkylation sites (tertiary alicyclic amines) is 1. The number of hydrogen-bond donors (Lipinski definition) is 1. The fraction of sp³-hybridized carbons (Fsp3) is 0.529. The lowest BCUT2D eigenvalue weighted by Gasteiger charge is -2.35. The van der Waals surface area contributed by atoms with Gasteiger partial charge in [-0.05, 0) is 82.7 Å². The monoisotopic (exact) mass is 527 g/mol. The molecule has 5 heteroatoms. The second kappa shape index (κ2) is 12.1. The molecule has 1 amide bonds. The van der Waals surface area contributed by atoms with Crippen LogP contribution < -0.4 is 5.32 Å². The summed E-state index contributed by atoms with van der Waals surface area (Å²) in [6.07, 6.45) is 10.4. The number of ketones is 1. The van der Waals surface area contributed by atoms with Gasteiger partial charge in [-0.3, -0.25) is 9.59 Å². The number of fused-ring (bicyclic) bond motifs is 1. The van der Waals surface area contributed by atoms with Crippen molar-refractivity contribution in [1.82, 2.24) is 14.8 Å². The minimum atomic E-state index is -0.215. The van der Waals surface area contributed by atoms with Crippen molar-refractivity contribution in [1.29, 1.82) is 0 Å². The third-order valence-corrected chi connectivity index (χ3v) is 9.41. The Balaban J connectivity index is 1.43. The molecule has 1 aromatic heterocycles. The van der Waals surface area contributed by atoms with Crippen molar-refractivity contribution in [2.45, 2.75) is 90.8 Å². The van der Waals surface area contributed by atoms with E-state index in [0.29, 0.717) is 12.3 Å². The maximum absolute atomic E-state index is 14.2. The molecular weight excluding hydrogens is 482 g/mol. The molecule has 1 saturated carbocycles. The molecule has 1 aliphatic carbocycles. The summed E-state index contributed by atoms with van der Waals surface area (Å²) in [5.41, 5.74) is 6.27. The van der Waals surface area contributed by atoms with E-state index in [0.717, 1.165) is 38.8 Å². The van der Waals surface area contributed by atoms with Gasteiger partial charge in [0.25, 0.3) is 0 Å². The van der Waals surface area contributed by atoms with Crippen LogP contribution in [0.3, 0.4) is 0 Å². The first-order valence-corrected chi connectivity index (χ1v) is 15.0. The number of carbonyl (C=O) groups is 2. The maximum atomic E-state index is 14.2. The largest absolute Gasteiger partial charge is 0.345 e. The van der Waals surface area contributed by atoms with Gasteiger partial charge in [-0.2, -0.15) is 0 Å². The Morgan fingerprint density at radius 2 is 1.74 bits per heavy atom. The van der Waals surface area contributed by atoms with Gasteiger partial charge in [0.2, 0.25) is 5.91 Å². The zero-order valence-corrected chi connectivity index (χ0v) is 24.2. The molecule has 208 valence electrons. The van der Waals surface area contributed by atoms with Crippen LogP contribution in [-0.4, -0.2) is 46.8 Å². The van der Waals surface area contributed by atoms with E-state index in [1.807, 2.05) is 14.0 Å². The summed E-state index contributed by atoms with van der Waals surface area (Å²) in [5.74, 6) is 0.503. The van der Waals surface area contributed by atoms with Gasteiger partial charge in [0, 0.05) is 54.1 Å². The van der Waals surface area contributed by atoms with Gasteiger partial charge < -0.3 is 14.8 Å². The molecule has 1 N–H and O–H groups in total. The zero-order valence-electron chi connectivity index (χ0n) is 24.2. The van der Waals surface area contributed by atoms with Crippen molar-refractivity contribution in [2.75, 3.05) is 13.6 Å². The molecule has 1 aliphatic heterocycles. The molecule has 3 aromatic rings. The van der Waals surface area contributed by atoms with Crippen LogP contribution in [-0.2, 0) is 16.1 Å². The third kappa shape index (κ3) is 5.84. The van der Waals surface area contributed by atoms with Crippen LogP contribution in [0.1, 0.15) is 69.4 Å². The summed E-state index contributed by atoms with van der Waals surface area (Å²) < 4.78 is 2.37. The Morgan fingerprint density at radius 1 is 0.974 bits per heavy atom. The quantitative estimate of drug-likeness (QED) is 0.338. The topological polar surface area (TPSA) is 54.3 Å². The molecule has 0 bridgehead atoms. The van der Waals surface area contributed by atoms with Crippen LogP contribution in [0, 0.1) is 25.7 Å². The highest BCUT2D eigenvalue weighted by Crippen LogP contribution is 2.37. The van der Waals surface area contributed by atoms with Gasteiger partial charge in [0.15, 0.2) is 0 Å². The highest BCUT2D eigenvalue weighted by molar-refractivity contribution is 5.97. The third-order valence-electron chi connectivity index (χ3n) is 9.41. The van der Waals surface area contributed by atoms with Crippen molar-refractivity contribution in [3.05, 3.63) is 59.8 Å². The molecule has 1 saturated heterocycles. The first-order chi connectivity index (χ1) is 18.9. The molecular formula is C34H45N3O2. The molecule has 0 unspecified atom stereocenters. The lowest BCUT2D eigenvalue weighted by molar-refractivity contribution is -0.141. The highest BCUT2D eigenvalue weighted by atomic mass is 16.2. The van der Waals surface area contributed by atoms with Gasteiger partial charge in [0.05, 0.1) is 6.04 Å². The van der Waals surface area contributed by atoms with Crippen LogP contribution in [0.4, 0.5) is 0 Å². The second-order valence-corrected chi connectivity index (χ2v) is 12.0. The van der Waals surface area contributed by atoms with E-state index >= 15 is 0 Å². The lowest BCUT2D eigenvalue weighted by atomic mass is 9.76. The number of hydrogen-bond acceptors (Lipinski definition) is 3. The number of benzene rings is 2. The summed E-state index contributed by atoms with van der Waals surface area (Å²) in [4.78, 5) is 29.4. The number of Topliss-reactive ketones (excluding diaryl/α,β-unsaturated/α-hetero) is 1. The SMILES string of the molecule is CN[C@@H](C)C(=O)C[C@H](C(=O)N1CCC[C@H]1Cn1cc(-c2ccccc2C)c2cc(C)ccc21)C1CCCCC1. The first-order valence-electron chi connectivity index (χ1n) is 15.0. The summed E-state index contributed by atoms with van der Waals surface area (Å²) in [7, 11) is 1.82. The molecule has 5 nitrogen and oxygen atoms in total. The number of likely N-dealkylation sites (N-methyl/N-ethyl adjacent to an activating group) is 1. The summed E-state index contributed by atoms with van der Waals surface area (Å²) in [5, 5.41) is 4.36. The molecule has 2 fully saturated rings. The Kier molecular flexibility index (Phi) is 8.56. The molecule has 2 heterocycles. The molecule has 2 aliphatic rings. The van der Waals surface area contributed by atoms with Crippen LogP contribution in [0.5, 0.6) is 0 Å². The van der Waals surface area contributed by atoms with Crippen molar-refractivity contribution in [3.8, 4) is 11.1 Å². The summed E-state index contributed by atoms with van der Waals surface area (Å²) in [6.45, 7) is 7.82. The second-order valence-electron chi connectivity index (χ2n) is 12.0. The number of nitrogens with zero attached hydrogens (tertiary/aromatic N) is 2. The van der Waals surface area contributed by atoms with Gasteiger partial charge in [-0.25, -0.2) is 0 Å². The average molecular weight is 528 g/mol. The van der Waals surface area contributed by atoms with E-state index in [-0.39, 0.29) is 29.7 Å². The van der Waals surface area contributed by atoms with E-state index < -0.39 is 0 Å². The van der Waals surface area contributed by atoms with Crippen LogP contribution in [0.25, 0.3) is 22.0 Å². The van der Waals surface area contributed by atoms with Gasteiger partial charge >= 0.3 is 0 Å². The van der Waals surface area contributed by atoms with E-state index in [1.165, 1.54) is 52.4 Å². The Labute approximate surface area is 234 Å². The van der Waals surface area contributed by atoms with E-state index in [2.05, 4.69) is 77.3 Å². The standard InChI is InChI=1S/C34H45N3O2/c1-23-16-17-32-30(19-23)31(28-15-9-8-11-24(28)2)22-36(32)21-27-14-10-18-37(27)34(39)29(20-33(38)25(3)35-4)26-12-6-5-7-13-26/h8-9,11,15-17,19,22,25-27,29,35H,5-7,10,12-14,18,20-21H2,1-4H3/t25-,27-,29-/m0/s1. The Morgan fingerprint density at radius 3 is 2.49 bits per heavy atom. The highest BCUT2D eigenvalue weighted by Gasteiger charge is 2.39. The van der Waals surface area contributed by atoms with E-state index in [1.54, 1.807) is 0 Å². The van der Waals surface area contributed by atoms with Crippen molar-refractivity contribution in [2.24, 2.45) is 11.8 Å². The smallest absolute Gasteiger partial charge is 0.226 e. The fourth-order valence-corrected chi connectivity index (χ4v) is 6.95. The molecule has 39 heavy (non-hydrogen) atoms. The molecule has 2 aromatic carbocycles. The number of nitrogens with one attached hydrogen (secondary N) is 1. The zero-order chi connectivity index (χ0) is 27.5. The molecule has 0 spiro atoms. The fourth-order valence-electron chi connectivity index (χ4n) is 6.95. The van der Waals surface area contributed by atoms with Crippen molar-refractivity contribution >= 4 is 22.6 Å². The predicted molar refractivity (Wildman–Crippen MR) is 160 cm³/mol. The number of amides is 1. The number of rotatable bonds is 9. The molecule has 5 rings (SSSR count). The first kappa shape index (κ1) is 27.6. The van der Waals surface area contributed by atoms with Gasteiger partial charge in [-0.15, -0.1) is 0 Å². The minimum Gasteiger partial charge on any atom is -0.345 e. The summed E-state index contributed by atoms with van der Waals surface area (Å²) >= 11 is 0. The lowest BCUT2D eigenvalue weighted by Crippen LogP contribution is -2.45. The van der Waals surface area contributed by atoms with E-state index in [9.17, 15) is 9.59 Å². The Bertz CT molecular complexity index is 1320. The average Bonchev–Trinajstić information content (AvgIpc) is 3.56. The minimum absolute atomic E-state index is 0.155. The van der Waals surface area contributed by atoms with Crippen LogP contribution >= 0.6 is 0 Å². The number of aryl methyl sites for hydroxylation is 2. The van der Waals surface area contributed by atoms with Gasteiger partial charge in [0.1, 0.15) is 5.78 Å². The Hall–Kier alpha value is -2.92. The molecule has 3 atom stereocenters. The predicted octanol–water partition coefficient (Wildman–Crippen LogP) is 6.68. The van der Waals surface area contributed by atoms with Crippen molar-refractivity contribution in [3.63, 3.8) is 0 Å². The van der Waals surface area contributed by atoms with E-state index in [4.69, 9.17) is 0 Å². The number of aromatic nitrogens is 1. The molecule has 0 radical (unpaired) electrons. The van der Waals surface area contributed by atoms with Crippen molar-refractivity contribution < 1.29 is 9.59 Å².